The van der Waals surface area contributed by atoms with Gasteiger partial charge in [0.25, 0.3) is 0 Å². The van der Waals surface area contributed by atoms with Gasteiger partial charge in [-0.25, -0.2) is 0 Å². The van der Waals surface area contributed by atoms with Gasteiger partial charge in [0, 0.05) is 28.2 Å². The smallest absolute Gasteiger partial charge is 0.168 e. The van der Waals surface area contributed by atoms with Gasteiger partial charge in [-0.1, -0.05) is 23.2 Å². The van der Waals surface area contributed by atoms with Crippen LogP contribution >= 0.6 is 34.5 Å². The molecule has 0 saturated heterocycles. The highest BCUT2D eigenvalue weighted by Gasteiger charge is 2.11. The van der Waals surface area contributed by atoms with E-state index in [1.807, 2.05) is 17.5 Å². The maximum atomic E-state index is 12.3. The van der Waals surface area contributed by atoms with Crippen molar-refractivity contribution in [3.63, 3.8) is 0 Å². The molecule has 1 aromatic carbocycles. The molecule has 0 aliphatic heterocycles. The molecule has 0 aliphatic carbocycles. The van der Waals surface area contributed by atoms with Gasteiger partial charge in [0.2, 0.25) is 0 Å². The minimum atomic E-state index is -0.0167. The first-order chi connectivity index (χ1) is 9.63. The van der Waals surface area contributed by atoms with Gasteiger partial charge < -0.3 is 0 Å². The second kappa shape index (κ2) is 5.52. The zero-order valence-corrected chi connectivity index (χ0v) is 12.6. The molecule has 3 rings (SSSR count). The summed E-state index contributed by atoms with van der Waals surface area (Å²) in [6.07, 6.45) is 1.83. The monoisotopic (exact) mass is 321 g/mol. The molecule has 100 valence electrons. The predicted octanol–water partition coefficient (Wildman–Crippen LogP) is 5.03. The van der Waals surface area contributed by atoms with Crippen molar-refractivity contribution in [2.24, 2.45) is 0 Å². The van der Waals surface area contributed by atoms with Crippen molar-refractivity contribution < 1.29 is 4.79 Å². The number of ketones is 1. The SMILES string of the molecule is O=C(Cc1cc(Cl)ccc1Cl)c1cnc2ccsc2c1. The van der Waals surface area contributed by atoms with Crippen LogP contribution in [0.25, 0.3) is 10.2 Å². The van der Waals surface area contributed by atoms with Gasteiger partial charge in [-0.3, -0.25) is 9.78 Å². The second-order valence-corrected chi connectivity index (χ2v) is 6.15. The van der Waals surface area contributed by atoms with E-state index >= 15 is 0 Å². The largest absolute Gasteiger partial charge is 0.294 e. The van der Waals surface area contributed by atoms with Crippen molar-refractivity contribution >= 4 is 50.5 Å². The molecule has 2 nitrogen and oxygen atoms in total. The van der Waals surface area contributed by atoms with Crippen molar-refractivity contribution in [2.75, 3.05) is 0 Å². The lowest BCUT2D eigenvalue weighted by molar-refractivity contribution is 0.0993. The van der Waals surface area contributed by atoms with Crippen molar-refractivity contribution in [1.82, 2.24) is 4.98 Å². The number of aromatic nitrogens is 1. The summed E-state index contributed by atoms with van der Waals surface area (Å²) in [5.74, 6) is -0.0167. The Labute approximate surface area is 130 Å². The first-order valence-corrected chi connectivity index (χ1v) is 7.57. The standard InChI is InChI=1S/C15H9Cl2NOS/c16-11-1-2-12(17)9(5-11)6-14(19)10-7-15-13(18-8-10)3-4-20-15/h1-5,7-8H,6H2. The summed E-state index contributed by atoms with van der Waals surface area (Å²) in [5, 5.41) is 3.08. The number of hydrogen-bond acceptors (Lipinski definition) is 3. The van der Waals surface area contributed by atoms with E-state index in [0.29, 0.717) is 15.6 Å². The number of rotatable bonds is 3. The van der Waals surface area contributed by atoms with E-state index in [1.165, 1.54) is 0 Å². The molecular weight excluding hydrogens is 313 g/mol. The van der Waals surface area contributed by atoms with Crippen molar-refractivity contribution in [3.8, 4) is 0 Å². The molecule has 0 unspecified atom stereocenters. The molecule has 0 N–H and O–H groups in total. The third kappa shape index (κ3) is 2.70. The molecule has 0 radical (unpaired) electrons. The summed E-state index contributed by atoms with van der Waals surface area (Å²) < 4.78 is 1.01. The summed E-state index contributed by atoms with van der Waals surface area (Å²) in [6.45, 7) is 0. The Kier molecular flexibility index (Phi) is 3.74. The van der Waals surface area contributed by atoms with Gasteiger partial charge >= 0.3 is 0 Å². The van der Waals surface area contributed by atoms with Crippen LogP contribution in [0.4, 0.5) is 0 Å². The lowest BCUT2D eigenvalue weighted by Crippen LogP contribution is -2.04. The van der Waals surface area contributed by atoms with Crippen molar-refractivity contribution in [3.05, 3.63) is 63.1 Å². The number of carbonyl (C=O) groups is 1. The van der Waals surface area contributed by atoms with E-state index in [-0.39, 0.29) is 12.2 Å². The van der Waals surface area contributed by atoms with E-state index < -0.39 is 0 Å². The molecular formula is C15H9Cl2NOS. The van der Waals surface area contributed by atoms with Gasteiger partial charge in [-0.2, -0.15) is 0 Å². The molecule has 0 bridgehead atoms. The average Bonchev–Trinajstić information content (AvgIpc) is 2.90. The number of benzene rings is 1. The summed E-state index contributed by atoms with van der Waals surface area (Å²) in [4.78, 5) is 16.6. The minimum Gasteiger partial charge on any atom is -0.294 e. The minimum absolute atomic E-state index is 0.0167. The molecule has 5 heteroatoms. The zero-order chi connectivity index (χ0) is 14.1. The van der Waals surface area contributed by atoms with Crippen molar-refractivity contribution in [1.29, 1.82) is 0 Å². The van der Waals surface area contributed by atoms with Crippen LogP contribution < -0.4 is 0 Å². The molecule has 3 aromatic rings. The third-order valence-electron chi connectivity index (χ3n) is 2.98. The van der Waals surface area contributed by atoms with Crippen LogP contribution in [0.2, 0.25) is 10.0 Å². The summed E-state index contributed by atoms with van der Waals surface area (Å²) in [7, 11) is 0. The van der Waals surface area contributed by atoms with Gasteiger partial charge in [-0.05, 0) is 41.3 Å². The Balaban J connectivity index is 1.90. The van der Waals surface area contributed by atoms with E-state index in [2.05, 4.69) is 4.98 Å². The Hall–Kier alpha value is -1.42. The molecule has 0 spiro atoms. The normalized spacial score (nSPS) is 10.9. The summed E-state index contributed by atoms with van der Waals surface area (Å²) >= 11 is 13.6. The molecule has 0 atom stereocenters. The van der Waals surface area contributed by atoms with Gasteiger partial charge in [0.05, 0.1) is 10.2 Å². The molecule has 20 heavy (non-hydrogen) atoms. The Morgan fingerprint density at radius 1 is 1.20 bits per heavy atom. The van der Waals surface area contributed by atoms with E-state index in [0.717, 1.165) is 15.8 Å². The van der Waals surface area contributed by atoms with E-state index in [1.54, 1.807) is 35.7 Å². The lowest BCUT2D eigenvalue weighted by atomic mass is 10.0. The Morgan fingerprint density at radius 3 is 2.90 bits per heavy atom. The highest BCUT2D eigenvalue weighted by molar-refractivity contribution is 7.17. The predicted molar refractivity (Wildman–Crippen MR) is 84.1 cm³/mol. The number of fused-ring (bicyclic) bond motifs is 1. The number of halogens is 2. The zero-order valence-electron chi connectivity index (χ0n) is 10.3. The van der Waals surface area contributed by atoms with Crippen LogP contribution in [0.15, 0.2) is 41.9 Å². The van der Waals surface area contributed by atoms with Gasteiger partial charge in [-0.15, -0.1) is 11.3 Å². The van der Waals surface area contributed by atoms with Crippen LogP contribution in [-0.2, 0) is 6.42 Å². The summed E-state index contributed by atoms with van der Waals surface area (Å²) in [6, 6.07) is 8.93. The fourth-order valence-electron chi connectivity index (χ4n) is 1.95. The van der Waals surface area contributed by atoms with Gasteiger partial charge in [0.15, 0.2) is 5.78 Å². The third-order valence-corrected chi connectivity index (χ3v) is 4.44. The van der Waals surface area contributed by atoms with Gasteiger partial charge in [0.1, 0.15) is 0 Å². The number of pyridine rings is 1. The highest BCUT2D eigenvalue weighted by Crippen LogP contribution is 2.24. The fourth-order valence-corrected chi connectivity index (χ4v) is 3.11. The Bertz CT molecular complexity index is 797. The molecule has 0 amide bonds. The summed E-state index contributed by atoms with van der Waals surface area (Å²) in [5.41, 5.74) is 2.23. The molecule has 0 saturated carbocycles. The van der Waals surface area contributed by atoms with Crippen molar-refractivity contribution in [2.45, 2.75) is 6.42 Å². The van der Waals surface area contributed by atoms with E-state index in [4.69, 9.17) is 23.2 Å². The lowest BCUT2D eigenvalue weighted by Gasteiger charge is -2.04. The second-order valence-electron chi connectivity index (χ2n) is 4.36. The number of thiophene rings is 1. The van der Waals surface area contributed by atoms with Crippen LogP contribution in [0.5, 0.6) is 0 Å². The quantitative estimate of drug-likeness (QED) is 0.633. The number of carbonyl (C=O) groups excluding carboxylic acids is 1. The average molecular weight is 322 g/mol. The number of hydrogen-bond donors (Lipinski definition) is 0. The number of nitrogens with zero attached hydrogens (tertiary/aromatic N) is 1. The fraction of sp³-hybridized carbons (Fsp3) is 0.0667. The van der Waals surface area contributed by atoms with Crippen LogP contribution in [0.3, 0.4) is 0 Å². The van der Waals surface area contributed by atoms with Crippen LogP contribution in [0, 0.1) is 0 Å². The molecule has 0 aliphatic rings. The first-order valence-electron chi connectivity index (χ1n) is 5.94. The van der Waals surface area contributed by atoms with Crippen LogP contribution in [0.1, 0.15) is 15.9 Å². The van der Waals surface area contributed by atoms with Crippen LogP contribution in [-0.4, -0.2) is 10.8 Å². The Morgan fingerprint density at radius 2 is 2.05 bits per heavy atom. The molecule has 2 aromatic heterocycles. The highest BCUT2D eigenvalue weighted by atomic mass is 35.5. The maximum Gasteiger partial charge on any atom is 0.168 e. The first kappa shape index (κ1) is 13.6. The number of Topliss-reactive ketones (excluding diaryl/α,β-unsaturated/α-hetero) is 1. The van der Waals surface area contributed by atoms with E-state index in [9.17, 15) is 4.79 Å². The maximum absolute atomic E-state index is 12.3. The topological polar surface area (TPSA) is 30.0 Å². The molecule has 0 fully saturated rings. The molecule has 2 heterocycles.